The molecule has 1 saturated heterocycles. The van der Waals surface area contributed by atoms with Crippen LogP contribution in [-0.4, -0.2) is 57.3 Å². The predicted molar refractivity (Wildman–Crippen MR) is 143 cm³/mol. The van der Waals surface area contributed by atoms with Gasteiger partial charge in [0.15, 0.2) is 9.84 Å². The van der Waals surface area contributed by atoms with E-state index >= 15 is 0 Å². The van der Waals surface area contributed by atoms with Crippen LogP contribution in [0.5, 0.6) is 5.75 Å². The van der Waals surface area contributed by atoms with Crippen LogP contribution in [0.1, 0.15) is 34.5 Å². The van der Waals surface area contributed by atoms with E-state index in [1.807, 2.05) is 60.0 Å². The number of benzene rings is 2. The van der Waals surface area contributed by atoms with E-state index in [0.717, 1.165) is 37.1 Å². The molecule has 2 bridgehead atoms. The maximum atomic E-state index is 12.7. The number of sulfone groups is 1. The molecule has 3 heterocycles. The summed E-state index contributed by atoms with van der Waals surface area (Å²) in [5, 5.41) is 5.04. The van der Waals surface area contributed by atoms with Crippen LogP contribution >= 0.6 is 11.3 Å². The van der Waals surface area contributed by atoms with Gasteiger partial charge in [-0.3, -0.25) is 9.69 Å². The maximum Gasteiger partial charge on any atom is 0.261 e. The van der Waals surface area contributed by atoms with Crippen LogP contribution < -0.4 is 10.1 Å². The lowest BCUT2D eigenvalue weighted by Gasteiger charge is -2.38. The average molecular weight is 523 g/mol. The second-order valence-electron chi connectivity index (χ2n) is 9.31. The van der Waals surface area contributed by atoms with Gasteiger partial charge in [0, 0.05) is 31.4 Å². The molecule has 1 amide bonds. The number of hydrogen-bond acceptors (Lipinski definition) is 6. The minimum absolute atomic E-state index is 0.0663. The Morgan fingerprint density at radius 1 is 1.06 bits per heavy atom. The minimum atomic E-state index is -3.26. The van der Waals surface area contributed by atoms with E-state index < -0.39 is 9.84 Å². The van der Waals surface area contributed by atoms with Crippen molar-refractivity contribution in [2.75, 3.05) is 26.0 Å². The summed E-state index contributed by atoms with van der Waals surface area (Å²) < 4.78 is 29.9. The highest BCUT2D eigenvalue weighted by Crippen LogP contribution is 2.42. The van der Waals surface area contributed by atoms with Gasteiger partial charge in [0.1, 0.15) is 12.4 Å². The molecule has 188 valence electrons. The molecule has 0 radical (unpaired) electrons. The largest absolute Gasteiger partial charge is 0.492 e. The number of carbonyl (C=O) groups is 1. The van der Waals surface area contributed by atoms with Crippen molar-refractivity contribution < 1.29 is 17.9 Å². The zero-order chi connectivity index (χ0) is 25.1. The molecule has 2 aliphatic heterocycles. The summed E-state index contributed by atoms with van der Waals surface area (Å²) in [5.41, 5.74) is 3.45. The number of carbonyl (C=O) groups excluding carboxylic acids is 1. The first-order chi connectivity index (χ1) is 17.4. The summed E-state index contributed by atoms with van der Waals surface area (Å²) in [5.74, 6) is 0.802. The van der Waals surface area contributed by atoms with Crippen molar-refractivity contribution in [2.24, 2.45) is 0 Å². The van der Waals surface area contributed by atoms with Gasteiger partial charge in [-0.1, -0.05) is 36.4 Å². The molecule has 2 atom stereocenters. The monoisotopic (exact) mass is 522 g/mol. The third-order valence-corrected chi connectivity index (χ3v) is 9.05. The normalized spacial score (nSPS) is 19.9. The predicted octanol–water partition coefficient (Wildman–Crippen LogP) is 4.65. The van der Waals surface area contributed by atoms with Crippen LogP contribution in [0.3, 0.4) is 0 Å². The summed E-state index contributed by atoms with van der Waals surface area (Å²) in [7, 11) is -3.26. The molecule has 2 aliphatic rings. The van der Waals surface area contributed by atoms with Gasteiger partial charge >= 0.3 is 0 Å². The number of hydrogen-bond donors (Lipinski definition) is 1. The Hall–Kier alpha value is -2.94. The molecule has 0 spiro atoms. The highest BCUT2D eigenvalue weighted by Gasteiger charge is 2.41. The van der Waals surface area contributed by atoms with Gasteiger partial charge in [-0.2, -0.15) is 0 Å². The lowest BCUT2D eigenvalue weighted by atomic mass is 9.88. The first-order valence-corrected chi connectivity index (χ1v) is 14.9. The van der Waals surface area contributed by atoms with Crippen molar-refractivity contribution in [3.63, 3.8) is 0 Å². The highest BCUT2D eigenvalue weighted by molar-refractivity contribution is 7.90. The average Bonchev–Trinajstić information content (AvgIpc) is 3.51. The van der Waals surface area contributed by atoms with Gasteiger partial charge in [0.05, 0.1) is 9.77 Å². The van der Waals surface area contributed by atoms with Gasteiger partial charge in [-0.15, -0.1) is 11.3 Å². The Labute approximate surface area is 216 Å². The summed E-state index contributed by atoms with van der Waals surface area (Å²) in [6.45, 7) is 1.88. The van der Waals surface area contributed by atoms with E-state index in [1.54, 1.807) is 12.1 Å². The first kappa shape index (κ1) is 24.7. The van der Waals surface area contributed by atoms with Crippen molar-refractivity contribution in [1.29, 1.82) is 0 Å². The maximum absolute atomic E-state index is 12.7. The van der Waals surface area contributed by atoms with E-state index in [1.165, 1.54) is 28.7 Å². The molecule has 3 aromatic rings. The van der Waals surface area contributed by atoms with Crippen LogP contribution in [0.25, 0.3) is 5.57 Å². The molecule has 8 heteroatoms. The van der Waals surface area contributed by atoms with Crippen molar-refractivity contribution >= 4 is 32.7 Å². The minimum Gasteiger partial charge on any atom is -0.492 e. The van der Waals surface area contributed by atoms with E-state index in [2.05, 4.69) is 10.2 Å². The van der Waals surface area contributed by atoms with Gasteiger partial charge in [0.2, 0.25) is 0 Å². The quantitative estimate of drug-likeness (QED) is 0.443. The summed E-state index contributed by atoms with van der Waals surface area (Å²) in [6.07, 6.45) is 4.21. The number of amides is 1. The van der Waals surface area contributed by atoms with E-state index in [4.69, 9.17) is 4.74 Å². The Balaban J connectivity index is 1.39. The third kappa shape index (κ3) is 5.40. The molecule has 36 heavy (non-hydrogen) atoms. The van der Waals surface area contributed by atoms with Crippen LogP contribution in [-0.2, 0) is 9.84 Å². The van der Waals surface area contributed by atoms with E-state index in [9.17, 15) is 13.2 Å². The molecule has 5 rings (SSSR count). The fraction of sp³-hybridized carbons (Fsp3) is 0.321. The SMILES string of the molecule is CS(=O)(=O)c1ccc(C2=C(CNC(=O)c3cccs3)[C@H]3CC[C@@H](C2)N3CCOc2ccccc2)cc1. The molecule has 1 aromatic heterocycles. The molecule has 0 saturated carbocycles. The Bertz CT molecular complexity index is 1330. The van der Waals surface area contributed by atoms with Crippen LogP contribution in [0.15, 0.2) is 82.6 Å². The summed E-state index contributed by atoms with van der Waals surface area (Å²) >= 11 is 1.43. The van der Waals surface area contributed by atoms with Crippen molar-refractivity contribution in [3.8, 4) is 5.75 Å². The number of nitrogens with one attached hydrogen (secondary N) is 1. The van der Waals surface area contributed by atoms with Crippen LogP contribution in [0.2, 0.25) is 0 Å². The van der Waals surface area contributed by atoms with Crippen LogP contribution in [0.4, 0.5) is 0 Å². The molecule has 2 aromatic carbocycles. The zero-order valence-electron chi connectivity index (χ0n) is 20.2. The van der Waals surface area contributed by atoms with Crippen LogP contribution in [0, 0.1) is 0 Å². The Kier molecular flexibility index (Phi) is 7.27. The lowest BCUT2D eigenvalue weighted by molar-refractivity contribution is 0.0957. The molecule has 0 unspecified atom stereocenters. The van der Waals surface area contributed by atoms with E-state index in [-0.39, 0.29) is 11.9 Å². The van der Waals surface area contributed by atoms with Gasteiger partial charge < -0.3 is 10.1 Å². The number of ether oxygens (including phenoxy) is 1. The highest BCUT2D eigenvalue weighted by atomic mass is 32.2. The molecule has 6 nitrogen and oxygen atoms in total. The lowest BCUT2D eigenvalue weighted by Crippen LogP contribution is -2.45. The standard InChI is InChI=1S/C28H30N2O4S2/c1-36(32,33)23-12-9-20(10-13-23)24-18-21-11-14-26(25(24)19-29-28(31)27-8-5-17-35-27)30(21)15-16-34-22-6-3-2-4-7-22/h2-10,12-13,17,21,26H,11,14-16,18-19H2,1H3,(H,29,31)/t21-,26+/m0/s1. The number of fused-ring (bicyclic) bond motifs is 2. The Morgan fingerprint density at radius 3 is 2.53 bits per heavy atom. The Morgan fingerprint density at radius 2 is 1.83 bits per heavy atom. The van der Waals surface area contributed by atoms with Crippen molar-refractivity contribution in [3.05, 3.63) is 88.1 Å². The molecule has 0 aliphatic carbocycles. The molecular weight excluding hydrogens is 492 g/mol. The van der Waals surface area contributed by atoms with Gasteiger partial charge in [-0.25, -0.2) is 8.42 Å². The third-order valence-electron chi connectivity index (χ3n) is 7.05. The van der Waals surface area contributed by atoms with Gasteiger partial charge in [0.25, 0.3) is 5.91 Å². The molecule has 1 fully saturated rings. The number of nitrogens with zero attached hydrogens (tertiary/aromatic N) is 1. The fourth-order valence-electron chi connectivity index (χ4n) is 5.32. The first-order valence-electron chi connectivity index (χ1n) is 12.2. The van der Waals surface area contributed by atoms with E-state index in [0.29, 0.717) is 29.0 Å². The van der Waals surface area contributed by atoms with Crippen molar-refractivity contribution in [1.82, 2.24) is 10.2 Å². The second kappa shape index (κ2) is 10.6. The molecule has 1 N–H and O–H groups in total. The zero-order valence-corrected chi connectivity index (χ0v) is 21.9. The topological polar surface area (TPSA) is 75.7 Å². The van der Waals surface area contributed by atoms with Crippen molar-refractivity contribution in [2.45, 2.75) is 36.2 Å². The number of para-hydroxylation sites is 1. The number of rotatable bonds is 9. The summed E-state index contributed by atoms with van der Waals surface area (Å²) in [4.78, 5) is 16.3. The molecular formula is C28H30N2O4S2. The second-order valence-corrected chi connectivity index (χ2v) is 12.3. The smallest absolute Gasteiger partial charge is 0.261 e. The van der Waals surface area contributed by atoms with Gasteiger partial charge in [-0.05, 0) is 71.7 Å². The fourth-order valence-corrected chi connectivity index (χ4v) is 6.59. The summed E-state index contributed by atoms with van der Waals surface area (Å²) in [6, 6.07) is 21.3. The number of thiophene rings is 1.